The number of hydrogen-bond donors (Lipinski definition) is 3. The Labute approximate surface area is 176 Å². The Morgan fingerprint density at radius 3 is 2.47 bits per heavy atom. The van der Waals surface area contributed by atoms with E-state index in [1.165, 1.54) is 30.0 Å². The molecule has 0 aromatic heterocycles. The number of benzene rings is 2. The molecule has 0 amide bonds. The number of nitrogens with zero attached hydrogens (tertiary/aromatic N) is 1. The number of carboxylic acid groups (broad SMARTS) is 1. The summed E-state index contributed by atoms with van der Waals surface area (Å²) >= 11 is 1.43. The van der Waals surface area contributed by atoms with Crippen LogP contribution < -0.4 is 5.43 Å². The van der Waals surface area contributed by atoms with E-state index in [0.29, 0.717) is 17.2 Å². The first kappa shape index (κ1) is 23.2. The molecule has 0 saturated carbocycles. The molecule has 9 heteroatoms. The van der Waals surface area contributed by atoms with E-state index in [9.17, 15) is 18.0 Å². The zero-order chi connectivity index (χ0) is 22.3. The average molecular weight is 435 g/mol. The number of aliphatic carboxylic acids is 1. The standard InChI is InChI=1S/C21H20F3N3O2S/c1-13-11-18(9-3-15(13)4-10-20(28)29)30-12-19(25)14(2)26-27-17-7-5-16(6-8-17)21(22,23)24/h3-11,25,27H,12H2,1-2H3,(H,28,29)/b10-4+,25-19?,26-14-. The molecule has 0 fully saturated rings. The van der Waals surface area contributed by atoms with E-state index in [2.05, 4.69) is 10.5 Å². The molecular formula is C21H20F3N3O2S. The summed E-state index contributed by atoms with van der Waals surface area (Å²) in [6.45, 7) is 3.52. The van der Waals surface area contributed by atoms with E-state index in [1.54, 1.807) is 6.92 Å². The van der Waals surface area contributed by atoms with E-state index in [1.807, 2.05) is 25.1 Å². The molecule has 2 rings (SSSR count). The quantitative estimate of drug-likeness (QED) is 0.215. The SMILES string of the molecule is C/C(=N/Nc1ccc(C(F)(F)F)cc1)C(=N)CSc1ccc(/C=C/C(=O)O)c(C)c1. The molecule has 158 valence electrons. The summed E-state index contributed by atoms with van der Waals surface area (Å²) in [4.78, 5) is 11.5. The van der Waals surface area contributed by atoms with Gasteiger partial charge in [-0.1, -0.05) is 6.07 Å². The van der Waals surface area contributed by atoms with Crippen LogP contribution in [0, 0.1) is 12.3 Å². The van der Waals surface area contributed by atoms with Gasteiger partial charge < -0.3 is 10.5 Å². The first-order valence-corrected chi connectivity index (χ1v) is 9.74. The highest BCUT2D eigenvalue weighted by Crippen LogP contribution is 2.29. The van der Waals surface area contributed by atoms with Crippen LogP contribution in [0.2, 0.25) is 0 Å². The molecule has 0 unspecified atom stereocenters. The predicted molar refractivity (Wildman–Crippen MR) is 114 cm³/mol. The van der Waals surface area contributed by atoms with Crippen LogP contribution in [0.4, 0.5) is 18.9 Å². The van der Waals surface area contributed by atoms with Crippen molar-refractivity contribution in [3.05, 3.63) is 65.2 Å². The maximum atomic E-state index is 12.6. The second-order valence-corrected chi connectivity index (χ2v) is 7.39. The van der Waals surface area contributed by atoms with Gasteiger partial charge in [0, 0.05) is 16.7 Å². The van der Waals surface area contributed by atoms with E-state index < -0.39 is 17.7 Å². The third-order valence-electron chi connectivity index (χ3n) is 4.03. The third kappa shape index (κ3) is 7.07. The van der Waals surface area contributed by atoms with Crippen molar-refractivity contribution in [2.24, 2.45) is 5.10 Å². The fourth-order valence-electron chi connectivity index (χ4n) is 2.30. The van der Waals surface area contributed by atoms with E-state index in [-0.39, 0.29) is 5.71 Å². The van der Waals surface area contributed by atoms with Crippen molar-refractivity contribution < 1.29 is 23.1 Å². The van der Waals surface area contributed by atoms with Crippen LogP contribution in [0.3, 0.4) is 0 Å². The lowest BCUT2D eigenvalue weighted by Crippen LogP contribution is -2.13. The van der Waals surface area contributed by atoms with Crippen LogP contribution in [-0.2, 0) is 11.0 Å². The molecule has 5 nitrogen and oxygen atoms in total. The fraction of sp³-hybridized carbons (Fsp3) is 0.190. The van der Waals surface area contributed by atoms with Crippen LogP contribution in [0.25, 0.3) is 6.08 Å². The number of anilines is 1. The Morgan fingerprint density at radius 2 is 1.90 bits per heavy atom. The molecule has 0 aliphatic heterocycles. The van der Waals surface area contributed by atoms with Gasteiger partial charge in [-0.15, -0.1) is 11.8 Å². The molecular weight excluding hydrogens is 415 g/mol. The topological polar surface area (TPSA) is 85.5 Å². The molecule has 0 aliphatic rings. The number of aryl methyl sites for hydroxylation is 1. The lowest BCUT2D eigenvalue weighted by atomic mass is 10.1. The molecule has 0 bridgehead atoms. The van der Waals surface area contributed by atoms with Crippen LogP contribution in [0.1, 0.15) is 23.6 Å². The Kier molecular flexibility index (Phi) is 7.82. The highest BCUT2D eigenvalue weighted by atomic mass is 32.2. The number of thioether (sulfide) groups is 1. The summed E-state index contributed by atoms with van der Waals surface area (Å²) in [5.74, 6) is -0.658. The minimum absolute atomic E-state index is 0.270. The van der Waals surface area contributed by atoms with Crippen LogP contribution in [-0.4, -0.2) is 28.3 Å². The number of carbonyl (C=O) groups is 1. The van der Waals surface area contributed by atoms with Gasteiger partial charge in [-0.05, 0) is 67.4 Å². The Bertz CT molecular complexity index is 984. The summed E-state index contributed by atoms with van der Waals surface area (Å²) in [5.41, 5.74) is 4.71. The Balaban J connectivity index is 1.92. The van der Waals surface area contributed by atoms with E-state index >= 15 is 0 Å². The second-order valence-electron chi connectivity index (χ2n) is 6.34. The molecule has 0 radical (unpaired) electrons. The maximum absolute atomic E-state index is 12.6. The number of nitrogens with one attached hydrogen (secondary N) is 2. The van der Waals surface area contributed by atoms with Gasteiger partial charge in [0.25, 0.3) is 0 Å². The molecule has 0 spiro atoms. The minimum Gasteiger partial charge on any atom is -0.478 e. The summed E-state index contributed by atoms with van der Waals surface area (Å²) in [7, 11) is 0. The van der Waals surface area contributed by atoms with Crippen molar-refractivity contribution in [2.45, 2.75) is 24.9 Å². The normalized spacial score (nSPS) is 12.2. The van der Waals surface area contributed by atoms with Crippen molar-refractivity contribution in [3.63, 3.8) is 0 Å². The summed E-state index contributed by atoms with van der Waals surface area (Å²) in [5, 5.41) is 20.9. The Morgan fingerprint density at radius 1 is 1.23 bits per heavy atom. The highest BCUT2D eigenvalue weighted by Gasteiger charge is 2.29. The molecule has 2 aromatic carbocycles. The first-order chi connectivity index (χ1) is 14.1. The number of rotatable bonds is 8. The van der Waals surface area contributed by atoms with Crippen LogP contribution in [0.5, 0.6) is 0 Å². The number of alkyl halides is 3. The van der Waals surface area contributed by atoms with Crippen LogP contribution in [0.15, 0.2) is 58.5 Å². The first-order valence-electron chi connectivity index (χ1n) is 8.76. The Hall–Kier alpha value is -3.07. The minimum atomic E-state index is -4.39. The molecule has 0 atom stereocenters. The van der Waals surface area contributed by atoms with Gasteiger partial charge >= 0.3 is 12.1 Å². The number of hydrazone groups is 1. The average Bonchev–Trinajstić information content (AvgIpc) is 2.69. The molecule has 30 heavy (non-hydrogen) atoms. The lowest BCUT2D eigenvalue weighted by Gasteiger charge is -2.09. The second kappa shape index (κ2) is 10.1. The van der Waals surface area contributed by atoms with E-state index in [0.717, 1.165) is 34.2 Å². The van der Waals surface area contributed by atoms with Crippen molar-refractivity contribution >= 4 is 40.9 Å². The van der Waals surface area contributed by atoms with Gasteiger partial charge in [-0.25, -0.2) is 4.79 Å². The summed E-state index contributed by atoms with van der Waals surface area (Å²) in [6, 6.07) is 10.1. The molecule has 2 aromatic rings. The van der Waals surface area contributed by atoms with Crippen molar-refractivity contribution in [1.82, 2.24) is 0 Å². The zero-order valence-corrected chi connectivity index (χ0v) is 17.1. The highest BCUT2D eigenvalue weighted by molar-refractivity contribution is 8.00. The number of halogens is 3. The van der Waals surface area contributed by atoms with Gasteiger partial charge in [-0.3, -0.25) is 5.43 Å². The molecule has 3 N–H and O–H groups in total. The van der Waals surface area contributed by atoms with Crippen LogP contribution >= 0.6 is 11.8 Å². The number of hydrogen-bond acceptors (Lipinski definition) is 5. The summed E-state index contributed by atoms with van der Waals surface area (Å²) < 4.78 is 37.7. The zero-order valence-electron chi connectivity index (χ0n) is 16.2. The van der Waals surface area contributed by atoms with Gasteiger partial charge in [0.15, 0.2) is 0 Å². The molecule has 0 aliphatic carbocycles. The smallest absolute Gasteiger partial charge is 0.416 e. The number of carboxylic acids is 1. The predicted octanol–water partition coefficient (Wildman–Crippen LogP) is 5.71. The van der Waals surface area contributed by atoms with Gasteiger partial charge in [0.2, 0.25) is 0 Å². The van der Waals surface area contributed by atoms with Crippen molar-refractivity contribution in [3.8, 4) is 0 Å². The fourth-order valence-corrected chi connectivity index (χ4v) is 3.24. The third-order valence-corrected chi connectivity index (χ3v) is 5.05. The molecule has 0 heterocycles. The van der Waals surface area contributed by atoms with Gasteiger partial charge in [0.1, 0.15) is 0 Å². The summed E-state index contributed by atoms with van der Waals surface area (Å²) in [6.07, 6.45) is -1.79. The van der Waals surface area contributed by atoms with Crippen molar-refractivity contribution in [1.29, 1.82) is 5.41 Å². The lowest BCUT2D eigenvalue weighted by molar-refractivity contribution is -0.137. The van der Waals surface area contributed by atoms with Gasteiger partial charge in [-0.2, -0.15) is 18.3 Å². The van der Waals surface area contributed by atoms with E-state index in [4.69, 9.17) is 10.5 Å². The molecule has 0 saturated heterocycles. The monoisotopic (exact) mass is 435 g/mol. The largest absolute Gasteiger partial charge is 0.478 e. The van der Waals surface area contributed by atoms with Crippen molar-refractivity contribution in [2.75, 3.05) is 11.2 Å². The van der Waals surface area contributed by atoms with Gasteiger partial charge in [0.05, 0.1) is 22.7 Å². The maximum Gasteiger partial charge on any atom is 0.416 e.